The first-order valence-corrected chi connectivity index (χ1v) is 11.0. The summed E-state index contributed by atoms with van der Waals surface area (Å²) in [4.78, 5) is 11.5. The Balaban J connectivity index is 2.22. The summed E-state index contributed by atoms with van der Waals surface area (Å²) in [5.41, 5.74) is 6.59. The van der Waals surface area contributed by atoms with Crippen LogP contribution in [0.3, 0.4) is 0 Å². The maximum atomic E-state index is 12.9. The number of hydrogen-bond acceptors (Lipinski definition) is 4. The summed E-state index contributed by atoms with van der Waals surface area (Å²) in [5, 5.41) is 19.1. The molecule has 8 nitrogen and oxygen atoms in total. The highest BCUT2D eigenvalue weighted by atomic mass is 32.2. The molecule has 0 radical (unpaired) electrons. The molecule has 162 valence electrons. The Morgan fingerprint density at radius 2 is 1.77 bits per heavy atom. The SMILES string of the molecule is CC(C)(c1ccccc1)c1cccc(S(=O)(=O)NC(CCCNC(=N)N)C(=O)O)c1. The lowest BCUT2D eigenvalue weighted by Gasteiger charge is -2.26. The van der Waals surface area contributed by atoms with Crippen LogP contribution in [0.2, 0.25) is 0 Å². The Kier molecular flexibility index (Phi) is 7.58. The van der Waals surface area contributed by atoms with Crippen molar-refractivity contribution in [3.05, 3.63) is 65.7 Å². The van der Waals surface area contributed by atoms with Crippen LogP contribution < -0.4 is 15.8 Å². The van der Waals surface area contributed by atoms with Crippen molar-refractivity contribution in [3.8, 4) is 0 Å². The van der Waals surface area contributed by atoms with E-state index in [9.17, 15) is 18.3 Å². The first-order chi connectivity index (χ1) is 14.0. The number of guanidine groups is 1. The number of nitrogens with one attached hydrogen (secondary N) is 3. The lowest BCUT2D eigenvalue weighted by atomic mass is 9.78. The highest BCUT2D eigenvalue weighted by Crippen LogP contribution is 2.32. The largest absolute Gasteiger partial charge is 0.480 e. The quantitative estimate of drug-likeness (QED) is 0.221. The van der Waals surface area contributed by atoms with Gasteiger partial charge in [-0.1, -0.05) is 56.3 Å². The molecule has 2 rings (SSSR count). The highest BCUT2D eigenvalue weighted by Gasteiger charge is 2.28. The van der Waals surface area contributed by atoms with E-state index < -0.39 is 27.4 Å². The van der Waals surface area contributed by atoms with E-state index in [1.165, 1.54) is 6.07 Å². The second kappa shape index (κ2) is 9.73. The third-order valence-electron chi connectivity index (χ3n) is 4.94. The molecule has 0 saturated carbocycles. The summed E-state index contributed by atoms with van der Waals surface area (Å²) in [6.07, 6.45) is 0.393. The van der Waals surface area contributed by atoms with Gasteiger partial charge in [0.05, 0.1) is 4.90 Å². The van der Waals surface area contributed by atoms with Crippen molar-refractivity contribution in [1.82, 2.24) is 10.0 Å². The third kappa shape index (κ3) is 6.04. The van der Waals surface area contributed by atoms with Crippen LogP contribution in [0.1, 0.15) is 37.8 Å². The minimum Gasteiger partial charge on any atom is -0.480 e. The molecule has 30 heavy (non-hydrogen) atoms. The van der Waals surface area contributed by atoms with Gasteiger partial charge in [-0.25, -0.2) is 8.42 Å². The van der Waals surface area contributed by atoms with Crippen LogP contribution in [0, 0.1) is 5.41 Å². The van der Waals surface area contributed by atoms with E-state index in [1.807, 2.05) is 50.2 Å². The molecule has 0 aromatic heterocycles. The van der Waals surface area contributed by atoms with E-state index in [4.69, 9.17) is 11.1 Å². The van der Waals surface area contributed by atoms with Gasteiger partial charge in [-0.3, -0.25) is 10.2 Å². The molecule has 2 aromatic rings. The maximum Gasteiger partial charge on any atom is 0.321 e. The second-order valence-corrected chi connectivity index (χ2v) is 9.23. The van der Waals surface area contributed by atoms with Crippen molar-refractivity contribution < 1.29 is 18.3 Å². The molecule has 2 aromatic carbocycles. The van der Waals surface area contributed by atoms with Crippen molar-refractivity contribution in [2.75, 3.05) is 6.54 Å². The molecule has 0 aliphatic carbocycles. The number of carboxylic acids is 1. The molecule has 0 saturated heterocycles. The summed E-state index contributed by atoms with van der Waals surface area (Å²) in [5.74, 6) is -1.48. The van der Waals surface area contributed by atoms with E-state index in [0.717, 1.165) is 11.1 Å². The minimum absolute atomic E-state index is 0.0112. The van der Waals surface area contributed by atoms with E-state index in [-0.39, 0.29) is 23.8 Å². The number of nitrogens with two attached hydrogens (primary N) is 1. The average molecular weight is 433 g/mol. The zero-order valence-electron chi connectivity index (χ0n) is 17.1. The Hall–Kier alpha value is -2.91. The van der Waals surface area contributed by atoms with Crippen LogP contribution >= 0.6 is 0 Å². The molecule has 0 bridgehead atoms. The zero-order valence-corrected chi connectivity index (χ0v) is 17.9. The van der Waals surface area contributed by atoms with E-state index in [2.05, 4.69) is 10.0 Å². The van der Waals surface area contributed by atoms with Gasteiger partial charge in [0.2, 0.25) is 10.0 Å². The monoisotopic (exact) mass is 432 g/mol. The fraction of sp³-hybridized carbons (Fsp3) is 0.333. The van der Waals surface area contributed by atoms with Gasteiger partial charge in [0.15, 0.2) is 5.96 Å². The summed E-state index contributed by atoms with van der Waals surface area (Å²) < 4.78 is 28.0. The molecule has 0 heterocycles. The summed E-state index contributed by atoms with van der Waals surface area (Å²) >= 11 is 0. The van der Waals surface area contributed by atoms with Crippen LogP contribution in [-0.4, -0.2) is 38.0 Å². The number of sulfonamides is 1. The predicted molar refractivity (Wildman–Crippen MR) is 116 cm³/mol. The van der Waals surface area contributed by atoms with Gasteiger partial charge >= 0.3 is 5.97 Å². The van der Waals surface area contributed by atoms with Gasteiger partial charge in [0.25, 0.3) is 0 Å². The van der Waals surface area contributed by atoms with E-state index in [0.29, 0.717) is 6.42 Å². The lowest BCUT2D eigenvalue weighted by molar-refractivity contribution is -0.139. The topological polar surface area (TPSA) is 145 Å². The van der Waals surface area contributed by atoms with Crippen molar-refractivity contribution in [2.45, 2.75) is 43.0 Å². The molecule has 0 aliphatic rings. The number of hydrogen-bond donors (Lipinski definition) is 5. The van der Waals surface area contributed by atoms with Crippen LogP contribution in [0.4, 0.5) is 0 Å². The number of rotatable bonds is 10. The molecule has 0 spiro atoms. The van der Waals surface area contributed by atoms with Crippen molar-refractivity contribution in [3.63, 3.8) is 0 Å². The molecule has 6 N–H and O–H groups in total. The van der Waals surface area contributed by atoms with E-state index >= 15 is 0 Å². The van der Waals surface area contributed by atoms with Gasteiger partial charge in [-0.05, 0) is 36.1 Å². The van der Waals surface area contributed by atoms with Crippen LogP contribution in [0.15, 0.2) is 59.5 Å². The summed E-state index contributed by atoms with van der Waals surface area (Å²) in [6.45, 7) is 4.29. The number of carboxylic acid groups (broad SMARTS) is 1. The van der Waals surface area contributed by atoms with Gasteiger partial charge < -0.3 is 16.2 Å². The third-order valence-corrected chi connectivity index (χ3v) is 6.41. The molecule has 1 unspecified atom stereocenters. The predicted octanol–water partition coefficient (Wildman–Crippen LogP) is 2.01. The second-order valence-electron chi connectivity index (χ2n) is 7.51. The Morgan fingerprint density at radius 3 is 2.37 bits per heavy atom. The fourth-order valence-corrected chi connectivity index (χ4v) is 4.36. The van der Waals surface area contributed by atoms with Crippen LogP contribution in [-0.2, 0) is 20.2 Å². The Morgan fingerprint density at radius 1 is 1.13 bits per heavy atom. The zero-order chi connectivity index (χ0) is 22.4. The fourth-order valence-electron chi connectivity index (χ4n) is 3.09. The molecule has 0 amide bonds. The van der Waals surface area contributed by atoms with Crippen LogP contribution in [0.5, 0.6) is 0 Å². The normalized spacial score (nSPS) is 12.9. The van der Waals surface area contributed by atoms with Crippen molar-refractivity contribution >= 4 is 22.0 Å². The summed E-state index contributed by atoms with van der Waals surface area (Å²) in [6, 6.07) is 15.0. The number of carbonyl (C=O) groups is 1. The molecule has 0 aliphatic heterocycles. The molecule has 9 heteroatoms. The highest BCUT2D eigenvalue weighted by molar-refractivity contribution is 7.89. The first kappa shape index (κ1) is 23.4. The Bertz CT molecular complexity index is 991. The molecular weight excluding hydrogens is 404 g/mol. The van der Waals surface area contributed by atoms with Crippen LogP contribution in [0.25, 0.3) is 0 Å². The maximum absolute atomic E-state index is 12.9. The first-order valence-electron chi connectivity index (χ1n) is 9.53. The van der Waals surface area contributed by atoms with Crippen molar-refractivity contribution in [1.29, 1.82) is 5.41 Å². The van der Waals surface area contributed by atoms with Gasteiger partial charge in [0.1, 0.15) is 6.04 Å². The minimum atomic E-state index is -4.04. The lowest BCUT2D eigenvalue weighted by Crippen LogP contribution is -2.41. The van der Waals surface area contributed by atoms with Gasteiger partial charge in [-0.2, -0.15) is 4.72 Å². The molecule has 0 fully saturated rings. The average Bonchev–Trinajstić information content (AvgIpc) is 2.70. The van der Waals surface area contributed by atoms with Gasteiger partial charge in [-0.15, -0.1) is 0 Å². The van der Waals surface area contributed by atoms with Crippen molar-refractivity contribution in [2.24, 2.45) is 5.73 Å². The summed E-state index contributed by atoms with van der Waals surface area (Å²) in [7, 11) is -4.04. The Labute approximate surface area is 177 Å². The van der Waals surface area contributed by atoms with Gasteiger partial charge in [0, 0.05) is 12.0 Å². The van der Waals surface area contributed by atoms with E-state index in [1.54, 1.807) is 12.1 Å². The smallest absolute Gasteiger partial charge is 0.321 e. The standard InChI is InChI=1S/C21H28N4O4S/c1-21(2,15-8-4-3-5-9-15)16-10-6-11-17(14-16)30(28,29)25-18(19(26)27)12-7-13-24-20(22)23/h3-6,8-11,14,18,25H,7,12-13H2,1-2H3,(H,26,27)(H4,22,23,24). The number of aliphatic carboxylic acids is 1. The molecule has 1 atom stereocenters. The number of benzene rings is 2. The molecular formula is C21H28N4O4S.